The number of ether oxygens (including phenoxy) is 1. The van der Waals surface area contributed by atoms with Gasteiger partial charge in [0.2, 0.25) is 0 Å². The number of hydrogen-bond donors (Lipinski definition) is 3. The van der Waals surface area contributed by atoms with E-state index in [1.807, 2.05) is 27.7 Å². The van der Waals surface area contributed by atoms with Crippen molar-refractivity contribution in [3.8, 4) is 0 Å². The maximum absolute atomic E-state index is 11.9. The molecule has 1 aliphatic carbocycles. The minimum Gasteiger partial charge on any atom is -0.444 e. The summed E-state index contributed by atoms with van der Waals surface area (Å²) in [4.78, 5) is 16.4. The van der Waals surface area contributed by atoms with Gasteiger partial charge in [-0.2, -0.15) is 0 Å². The molecule has 0 aromatic carbocycles. The van der Waals surface area contributed by atoms with E-state index >= 15 is 0 Å². The molecule has 1 aromatic heterocycles. The van der Waals surface area contributed by atoms with E-state index < -0.39 is 5.60 Å². The third-order valence-corrected chi connectivity index (χ3v) is 4.02. The number of halogens is 1. The van der Waals surface area contributed by atoms with Crippen LogP contribution in [0.1, 0.15) is 59.1 Å². The number of aliphatic imine (C=N–C) groups is 1. The molecule has 1 heterocycles. The van der Waals surface area contributed by atoms with Gasteiger partial charge in [-0.1, -0.05) is 5.16 Å². The molecule has 8 nitrogen and oxygen atoms in total. The molecule has 0 spiro atoms. The van der Waals surface area contributed by atoms with Crippen LogP contribution < -0.4 is 16.0 Å². The molecule has 2 rings (SSSR count). The summed E-state index contributed by atoms with van der Waals surface area (Å²) >= 11 is 0. The largest absolute Gasteiger partial charge is 0.444 e. The first-order chi connectivity index (χ1) is 12.4. The molecule has 0 saturated heterocycles. The molecule has 27 heavy (non-hydrogen) atoms. The Hall–Kier alpha value is -1.52. The first kappa shape index (κ1) is 23.5. The van der Waals surface area contributed by atoms with Crippen LogP contribution in [0.25, 0.3) is 0 Å². The lowest BCUT2D eigenvalue weighted by molar-refractivity contribution is 0.0490. The molecule has 0 aliphatic heterocycles. The van der Waals surface area contributed by atoms with Crippen molar-refractivity contribution in [3.05, 3.63) is 18.0 Å². The predicted molar refractivity (Wildman–Crippen MR) is 115 cm³/mol. The number of rotatable bonds is 5. The van der Waals surface area contributed by atoms with Crippen molar-refractivity contribution in [1.29, 1.82) is 0 Å². The van der Waals surface area contributed by atoms with E-state index in [1.54, 1.807) is 12.3 Å². The summed E-state index contributed by atoms with van der Waals surface area (Å²) in [5.74, 6) is 0.777. The third kappa shape index (κ3) is 9.30. The SMILES string of the molecule is CCNC(=NCc1ccon1)NC1CCC(NC(=O)OC(C)(C)C)CC1.I. The van der Waals surface area contributed by atoms with E-state index in [4.69, 9.17) is 9.26 Å². The predicted octanol–water partition coefficient (Wildman–Crippen LogP) is 3.18. The quantitative estimate of drug-likeness (QED) is 0.331. The van der Waals surface area contributed by atoms with E-state index in [1.165, 1.54) is 0 Å². The van der Waals surface area contributed by atoms with Gasteiger partial charge < -0.3 is 25.2 Å². The summed E-state index contributed by atoms with van der Waals surface area (Å²) in [6.07, 6.45) is 4.98. The van der Waals surface area contributed by atoms with E-state index in [0.29, 0.717) is 12.6 Å². The van der Waals surface area contributed by atoms with E-state index in [-0.39, 0.29) is 36.1 Å². The standard InChI is InChI=1S/C18H31N5O3.HI/c1-5-19-16(20-12-15-10-11-25-23-15)21-13-6-8-14(9-7-13)22-17(24)26-18(2,3)4;/h10-11,13-14H,5-9,12H2,1-4H3,(H,22,24)(H2,19,20,21);1H. The van der Waals surface area contributed by atoms with Gasteiger partial charge in [-0.15, -0.1) is 24.0 Å². The Morgan fingerprint density at radius 3 is 2.41 bits per heavy atom. The van der Waals surface area contributed by atoms with Crippen LogP contribution in [0.15, 0.2) is 21.8 Å². The fourth-order valence-corrected chi connectivity index (χ4v) is 2.85. The third-order valence-electron chi connectivity index (χ3n) is 4.02. The molecule has 9 heteroatoms. The van der Waals surface area contributed by atoms with Crippen LogP contribution in [0, 0.1) is 0 Å². The van der Waals surface area contributed by atoms with E-state index in [0.717, 1.165) is 43.9 Å². The van der Waals surface area contributed by atoms with Gasteiger partial charge in [-0.25, -0.2) is 9.79 Å². The number of nitrogens with zero attached hydrogens (tertiary/aromatic N) is 2. The number of hydrogen-bond acceptors (Lipinski definition) is 5. The molecular weight excluding hydrogens is 461 g/mol. The number of guanidine groups is 1. The van der Waals surface area contributed by atoms with Gasteiger partial charge in [0.25, 0.3) is 0 Å². The summed E-state index contributed by atoms with van der Waals surface area (Å²) in [7, 11) is 0. The van der Waals surface area contributed by atoms with Gasteiger partial charge in [0, 0.05) is 24.7 Å². The van der Waals surface area contributed by atoms with Crippen LogP contribution in [-0.2, 0) is 11.3 Å². The maximum Gasteiger partial charge on any atom is 0.407 e. The molecular formula is C18H32IN5O3. The molecule has 1 aliphatic rings. The second kappa shape index (κ2) is 11.4. The average molecular weight is 493 g/mol. The van der Waals surface area contributed by atoms with Crippen LogP contribution in [0.4, 0.5) is 4.79 Å². The molecule has 0 radical (unpaired) electrons. The van der Waals surface area contributed by atoms with Crippen molar-refractivity contribution in [1.82, 2.24) is 21.1 Å². The first-order valence-electron chi connectivity index (χ1n) is 9.29. The summed E-state index contributed by atoms with van der Waals surface area (Å²) in [5.41, 5.74) is 0.330. The topological polar surface area (TPSA) is 101 Å². The molecule has 3 N–H and O–H groups in total. The minimum atomic E-state index is -0.468. The van der Waals surface area contributed by atoms with Crippen LogP contribution in [-0.4, -0.2) is 41.4 Å². The molecule has 1 fully saturated rings. The monoisotopic (exact) mass is 493 g/mol. The zero-order valence-electron chi connectivity index (χ0n) is 16.6. The Kier molecular flexibility index (Phi) is 9.89. The van der Waals surface area contributed by atoms with Crippen LogP contribution in [0.2, 0.25) is 0 Å². The molecule has 1 amide bonds. The lowest BCUT2D eigenvalue weighted by Gasteiger charge is -2.31. The number of nitrogens with one attached hydrogen (secondary N) is 3. The summed E-state index contributed by atoms with van der Waals surface area (Å²) in [6, 6.07) is 2.31. The van der Waals surface area contributed by atoms with Crippen molar-refractivity contribution in [3.63, 3.8) is 0 Å². The Bertz CT molecular complexity index is 578. The van der Waals surface area contributed by atoms with Gasteiger partial charge in [0.05, 0.1) is 6.54 Å². The van der Waals surface area contributed by atoms with Crippen molar-refractivity contribution < 1.29 is 14.1 Å². The number of amides is 1. The number of carbonyl (C=O) groups is 1. The molecule has 0 unspecified atom stereocenters. The number of alkyl carbamates (subject to hydrolysis) is 1. The van der Waals surface area contributed by atoms with Gasteiger partial charge in [0.15, 0.2) is 5.96 Å². The molecule has 0 bridgehead atoms. The Balaban J connectivity index is 0.00000364. The van der Waals surface area contributed by atoms with Gasteiger partial charge >= 0.3 is 6.09 Å². The fraction of sp³-hybridized carbons (Fsp3) is 0.722. The lowest BCUT2D eigenvalue weighted by atomic mass is 9.91. The summed E-state index contributed by atoms with van der Waals surface area (Å²) < 4.78 is 10.1. The highest BCUT2D eigenvalue weighted by Gasteiger charge is 2.25. The molecule has 1 saturated carbocycles. The van der Waals surface area contributed by atoms with Gasteiger partial charge in [-0.05, 0) is 53.4 Å². The Morgan fingerprint density at radius 1 is 1.26 bits per heavy atom. The smallest absolute Gasteiger partial charge is 0.407 e. The second-order valence-electron chi connectivity index (χ2n) is 7.53. The van der Waals surface area contributed by atoms with Crippen LogP contribution >= 0.6 is 24.0 Å². The van der Waals surface area contributed by atoms with Crippen molar-refractivity contribution in [2.24, 2.45) is 4.99 Å². The Labute approximate surface area is 178 Å². The fourth-order valence-electron chi connectivity index (χ4n) is 2.85. The zero-order chi connectivity index (χ0) is 19.0. The van der Waals surface area contributed by atoms with Crippen molar-refractivity contribution >= 4 is 36.0 Å². The van der Waals surface area contributed by atoms with E-state index in [2.05, 4.69) is 26.1 Å². The normalized spacial score (nSPS) is 20.4. The van der Waals surface area contributed by atoms with Crippen LogP contribution in [0.5, 0.6) is 0 Å². The molecule has 1 aromatic rings. The lowest BCUT2D eigenvalue weighted by Crippen LogP contribution is -2.48. The number of aromatic nitrogens is 1. The second-order valence-corrected chi connectivity index (χ2v) is 7.53. The number of carbonyl (C=O) groups excluding carboxylic acids is 1. The van der Waals surface area contributed by atoms with Gasteiger partial charge in [-0.3, -0.25) is 0 Å². The summed E-state index contributed by atoms with van der Waals surface area (Å²) in [5, 5.41) is 13.6. The Morgan fingerprint density at radius 2 is 1.89 bits per heavy atom. The highest BCUT2D eigenvalue weighted by atomic mass is 127. The van der Waals surface area contributed by atoms with E-state index in [9.17, 15) is 4.79 Å². The van der Waals surface area contributed by atoms with Crippen molar-refractivity contribution in [2.45, 2.75) is 77.6 Å². The maximum atomic E-state index is 11.9. The molecule has 0 atom stereocenters. The van der Waals surface area contributed by atoms with Crippen molar-refractivity contribution in [2.75, 3.05) is 6.54 Å². The van der Waals surface area contributed by atoms with Crippen LogP contribution in [0.3, 0.4) is 0 Å². The highest BCUT2D eigenvalue weighted by molar-refractivity contribution is 14.0. The van der Waals surface area contributed by atoms with Gasteiger partial charge in [0.1, 0.15) is 17.6 Å². The highest BCUT2D eigenvalue weighted by Crippen LogP contribution is 2.19. The first-order valence-corrected chi connectivity index (χ1v) is 9.29. The average Bonchev–Trinajstić information content (AvgIpc) is 3.06. The summed E-state index contributed by atoms with van der Waals surface area (Å²) in [6.45, 7) is 8.91. The zero-order valence-corrected chi connectivity index (χ0v) is 18.9. The molecule has 154 valence electrons. The minimum absolute atomic E-state index is 0.